The van der Waals surface area contributed by atoms with E-state index in [1.807, 2.05) is 39.8 Å². The average Bonchev–Trinajstić information content (AvgIpc) is 3.39. The van der Waals surface area contributed by atoms with Gasteiger partial charge < -0.3 is 43.7 Å². The van der Waals surface area contributed by atoms with Gasteiger partial charge in [-0.2, -0.15) is 0 Å². The normalized spacial score (nSPS) is 30.3. The molecule has 2 saturated heterocycles. The Morgan fingerprint density at radius 3 is 2.43 bits per heavy atom. The summed E-state index contributed by atoms with van der Waals surface area (Å²) >= 11 is 0. The molecule has 3 aliphatic heterocycles. The summed E-state index contributed by atoms with van der Waals surface area (Å²) in [5.74, 6) is -3.14. The second kappa shape index (κ2) is 19.6. The Bertz CT molecular complexity index is 1490. The van der Waals surface area contributed by atoms with Gasteiger partial charge in [0.15, 0.2) is 20.4 Å². The predicted molar refractivity (Wildman–Crippen MR) is 208 cm³/mol. The van der Waals surface area contributed by atoms with Crippen LogP contribution in [0.5, 0.6) is 0 Å². The molecule has 17 nitrogen and oxygen atoms in total. The number of nitrogens with zero attached hydrogens (tertiary/aromatic N) is 5. The number of esters is 1. The molecular weight excluding hydrogens is 747 g/mol. The topological polar surface area (TPSA) is 211 Å². The lowest BCUT2D eigenvalue weighted by atomic mass is 9.80. The summed E-state index contributed by atoms with van der Waals surface area (Å²) in [4.78, 5) is 46.7. The van der Waals surface area contributed by atoms with E-state index in [0.29, 0.717) is 31.4 Å². The highest BCUT2D eigenvalue weighted by molar-refractivity contribution is 7.25. The third-order valence-corrected chi connectivity index (χ3v) is 12.3. The van der Waals surface area contributed by atoms with Crippen molar-refractivity contribution in [3.8, 4) is 0 Å². The Hall–Kier alpha value is -3.04. The lowest BCUT2D eigenvalue weighted by molar-refractivity contribution is -0.266. The first kappa shape index (κ1) is 47.3. The summed E-state index contributed by atoms with van der Waals surface area (Å²) in [7, 11) is 5.19. The van der Waals surface area contributed by atoms with Gasteiger partial charge in [0.25, 0.3) is 0 Å². The minimum absolute atomic E-state index is 0.119. The standard InChI is InChI=1S/C38H65N6O11P/c1-14-27(45)38(10)30(44(35(48)55-38)18-16-15-17-40-42-39)25(6)41-32(46)21(2)20-37(9,50-13)31(23(4)28-24(5)33(47)54-36(7,8)53-28)52-34-29(56-49)26(43(11)12)19-22(3)51-34/h21-23,25-27,29-31,34,45H,14-20H2,1-13H3,(H,41,46)/t21-,22-,23+,25-,26?,27-,29?,30-,31-,34+,37-,38-/m1/s1. The van der Waals surface area contributed by atoms with Gasteiger partial charge >= 0.3 is 12.1 Å². The molecule has 3 rings (SSSR count). The van der Waals surface area contributed by atoms with E-state index in [1.54, 1.807) is 48.5 Å². The van der Waals surface area contributed by atoms with Gasteiger partial charge in [-0.3, -0.25) is 14.3 Å². The lowest BCUT2D eigenvalue weighted by Gasteiger charge is -2.47. The van der Waals surface area contributed by atoms with Crippen LogP contribution in [-0.4, -0.2) is 133 Å². The minimum Gasteiger partial charge on any atom is -0.456 e. The summed E-state index contributed by atoms with van der Waals surface area (Å²) in [6, 6.07) is -1.51. The number of unbranched alkanes of at least 4 members (excludes halogenated alkanes) is 1. The van der Waals surface area contributed by atoms with E-state index in [0.717, 1.165) is 0 Å². The molecule has 12 atom stereocenters. The number of carbonyl (C=O) groups excluding carboxylic acids is 3. The van der Waals surface area contributed by atoms with Gasteiger partial charge in [-0.25, -0.2) is 9.59 Å². The SMILES string of the molecule is CC[C@@H](O)[C@@]1(C)OC(=O)N(CCCCN=[N+]=[N-])[C@@H]1[C@@H](C)NC(=O)[C@H](C)C[C@@](C)(OC)[C@H](O[C@@H]1O[C@H](C)CC(N(C)C)C1P=O)[C@@H](C)C1=C(C)C(=O)OC(C)(C)O1. The van der Waals surface area contributed by atoms with E-state index in [-0.39, 0.29) is 51.6 Å². The molecule has 2 amide bonds. The maximum absolute atomic E-state index is 14.2. The molecular formula is C38H65N6O11P. The summed E-state index contributed by atoms with van der Waals surface area (Å²) in [6.07, 6.45) is -1.55. The average molecular weight is 813 g/mol. The molecule has 2 fully saturated rings. The fraction of sp³-hybridized carbons (Fsp3) is 0.868. The molecule has 3 aliphatic rings. The summed E-state index contributed by atoms with van der Waals surface area (Å²) in [5, 5.41) is 17.7. The van der Waals surface area contributed by atoms with Gasteiger partial charge in [0, 0.05) is 56.8 Å². The van der Waals surface area contributed by atoms with Gasteiger partial charge in [0.2, 0.25) is 11.7 Å². The van der Waals surface area contributed by atoms with E-state index >= 15 is 0 Å². The van der Waals surface area contributed by atoms with E-state index in [4.69, 9.17) is 34.0 Å². The first-order valence-corrected chi connectivity index (χ1v) is 20.5. The Labute approximate surface area is 333 Å². The van der Waals surface area contributed by atoms with Crippen LogP contribution in [0, 0.1) is 11.8 Å². The fourth-order valence-electron chi connectivity index (χ4n) is 8.41. The third-order valence-electron chi connectivity index (χ3n) is 11.5. The van der Waals surface area contributed by atoms with Crippen molar-refractivity contribution in [3.05, 3.63) is 21.8 Å². The number of ether oxygens (including phenoxy) is 6. The molecule has 2 unspecified atom stereocenters. The van der Waals surface area contributed by atoms with Crippen molar-refractivity contribution in [2.45, 2.75) is 167 Å². The van der Waals surface area contributed by atoms with E-state index in [2.05, 4.69) is 15.3 Å². The van der Waals surface area contributed by atoms with E-state index in [9.17, 15) is 24.1 Å². The smallest absolute Gasteiger partial charge is 0.410 e. The van der Waals surface area contributed by atoms with Crippen molar-refractivity contribution in [1.29, 1.82) is 0 Å². The largest absolute Gasteiger partial charge is 0.456 e. The molecule has 0 spiro atoms. The third kappa shape index (κ3) is 10.7. The number of aliphatic hydroxyl groups is 1. The first-order valence-electron chi connectivity index (χ1n) is 19.6. The highest BCUT2D eigenvalue weighted by Crippen LogP contribution is 2.42. The highest BCUT2D eigenvalue weighted by atomic mass is 31.1. The van der Waals surface area contributed by atoms with Crippen molar-refractivity contribution < 1.29 is 52.5 Å². The van der Waals surface area contributed by atoms with Gasteiger partial charge in [0.1, 0.15) is 11.4 Å². The number of nitrogens with one attached hydrogen (secondary N) is 1. The zero-order chi connectivity index (χ0) is 42.3. The van der Waals surface area contributed by atoms with E-state index in [1.165, 1.54) is 12.0 Å². The number of amides is 2. The molecule has 0 bridgehead atoms. The van der Waals surface area contributed by atoms with Crippen LogP contribution < -0.4 is 5.32 Å². The molecule has 18 heteroatoms. The number of rotatable bonds is 20. The Balaban J connectivity index is 1.97. The number of azide groups is 1. The minimum atomic E-state index is -1.32. The van der Waals surface area contributed by atoms with Crippen LogP contribution in [0.2, 0.25) is 0 Å². The van der Waals surface area contributed by atoms with Crippen LogP contribution in [0.4, 0.5) is 4.79 Å². The Morgan fingerprint density at radius 1 is 1.20 bits per heavy atom. The molecule has 3 heterocycles. The fourth-order valence-corrected chi connectivity index (χ4v) is 9.18. The predicted octanol–water partition coefficient (Wildman–Crippen LogP) is 5.69. The van der Waals surface area contributed by atoms with Crippen LogP contribution in [0.3, 0.4) is 0 Å². The molecule has 56 heavy (non-hydrogen) atoms. The Morgan fingerprint density at radius 2 is 1.86 bits per heavy atom. The monoisotopic (exact) mass is 812 g/mol. The van der Waals surface area contributed by atoms with Crippen LogP contribution >= 0.6 is 8.46 Å². The number of hydrogen-bond acceptors (Lipinski definition) is 13. The number of aliphatic hydroxyl groups excluding tert-OH is 1. The Kier molecular flexibility index (Phi) is 16.6. The van der Waals surface area contributed by atoms with Crippen molar-refractivity contribution >= 4 is 26.4 Å². The molecule has 0 aromatic carbocycles. The van der Waals surface area contributed by atoms with Crippen LogP contribution in [-0.2, 0) is 42.6 Å². The van der Waals surface area contributed by atoms with Gasteiger partial charge in [-0.05, 0) is 86.3 Å². The molecule has 0 aromatic heterocycles. The maximum atomic E-state index is 14.2. The molecule has 0 saturated carbocycles. The molecule has 2 N–H and O–H groups in total. The maximum Gasteiger partial charge on any atom is 0.410 e. The number of methoxy groups -OCH3 is 1. The second-order valence-electron chi connectivity index (χ2n) is 16.6. The van der Waals surface area contributed by atoms with Crippen LogP contribution in [0.15, 0.2) is 16.4 Å². The van der Waals surface area contributed by atoms with Gasteiger partial charge in [-0.15, -0.1) is 0 Å². The number of carbonyl (C=O) groups is 3. The summed E-state index contributed by atoms with van der Waals surface area (Å²) < 4.78 is 49.7. The first-order chi connectivity index (χ1) is 26.1. The van der Waals surface area contributed by atoms with Crippen molar-refractivity contribution in [2.24, 2.45) is 17.0 Å². The highest BCUT2D eigenvalue weighted by Gasteiger charge is 2.57. The quantitative estimate of drug-likeness (QED) is 0.0379. The van der Waals surface area contributed by atoms with E-state index < -0.39 is 77.1 Å². The zero-order valence-corrected chi connectivity index (χ0v) is 36.3. The molecule has 0 radical (unpaired) electrons. The number of hydrogen-bond donors (Lipinski definition) is 2. The van der Waals surface area contributed by atoms with Gasteiger partial charge in [-0.1, -0.05) is 25.9 Å². The summed E-state index contributed by atoms with van der Waals surface area (Å²) in [5.41, 5.74) is 5.80. The van der Waals surface area contributed by atoms with Crippen molar-refractivity contribution in [2.75, 3.05) is 34.3 Å². The zero-order valence-electron chi connectivity index (χ0n) is 35.4. The second-order valence-corrected chi connectivity index (χ2v) is 17.4. The summed E-state index contributed by atoms with van der Waals surface area (Å²) in [6.45, 7) is 18.0. The molecule has 318 valence electrons. The molecule has 0 aromatic rings. The van der Waals surface area contributed by atoms with Crippen molar-refractivity contribution in [1.82, 2.24) is 15.1 Å². The number of cyclic esters (lactones) is 2. The van der Waals surface area contributed by atoms with Crippen LogP contribution in [0.1, 0.15) is 101 Å². The molecule has 0 aliphatic carbocycles. The lowest BCUT2D eigenvalue weighted by Crippen LogP contribution is -2.61. The van der Waals surface area contributed by atoms with Crippen molar-refractivity contribution in [3.63, 3.8) is 0 Å². The van der Waals surface area contributed by atoms with Gasteiger partial charge in [0.05, 0.1) is 41.6 Å². The van der Waals surface area contributed by atoms with Crippen LogP contribution in [0.25, 0.3) is 10.4 Å².